The van der Waals surface area contributed by atoms with Crippen LogP contribution in [0.3, 0.4) is 0 Å². The lowest BCUT2D eigenvalue weighted by molar-refractivity contribution is 0.791. The highest BCUT2D eigenvalue weighted by atomic mass is 35.5. The third-order valence-electron chi connectivity index (χ3n) is 2.44. The molecule has 1 heterocycles. The van der Waals surface area contributed by atoms with Crippen LogP contribution in [0.2, 0.25) is 10.0 Å². The van der Waals surface area contributed by atoms with E-state index in [-0.39, 0.29) is 0 Å². The molecule has 0 aliphatic rings. The Morgan fingerprint density at radius 3 is 2.41 bits per heavy atom. The van der Waals surface area contributed by atoms with Crippen LogP contribution >= 0.6 is 23.2 Å². The molecule has 17 heavy (non-hydrogen) atoms. The van der Waals surface area contributed by atoms with Gasteiger partial charge in [-0.15, -0.1) is 0 Å². The summed E-state index contributed by atoms with van der Waals surface area (Å²) >= 11 is 11.9. The lowest BCUT2D eigenvalue weighted by Gasteiger charge is -2.04. The van der Waals surface area contributed by atoms with Gasteiger partial charge in [0.25, 0.3) is 0 Å². The normalized spacial score (nSPS) is 10.5. The van der Waals surface area contributed by atoms with Crippen molar-refractivity contribution in [3.8, 4) is 11.1 Å². The van der Waals surface area contributed by atoms with Crippen LogP contribution in [-0.4, -0.2) is 12.0 Å². The number of hydrogen-bond donors (Lipinski definition) is 1. The first-order valence-corrected chi connectivity index (χ1v) is 6.01. The summed E-state index contributed by atoms with van der Waals surface area (Å²) in [4.78, 5) is 4.36. The first-order chi connectivity index (χ1) is 8.20. The van der Waals surface area contributed by atoms with Crippen LogP contribution in [0.5, 0.6) is 0 Å². The summed E-state index contributed by atoms with van der Waals surface area (Å²) in [6, 6.07) is 9.59. The van der Waals surface area contributed by atoms with Crippen molar-refractivity contribution in [2.45, 2.75) is 6.54 Å². The minimum absolute atomic E-state index is 0.559. The molecule has 2 aromatic rings. The lowest BCUT2D eigenvalue weighted by atomic mass is 10.1. The summed E-state index contributed by atoms with van der Waals surface area (Å²) in [7, 11) is 1.90. The van der Waals surface area contributed by atoms with E-state index >= 15 is 0 Å². The smallest absolute Gasteiger partial charge is 0.0598 e. The van der Waals surface area contributed by atoms with Gasteiger partial charge in [0.15, 0.2) is 0 Å². The summed E-state index contributed by atoms with van der Waals surface area (Å²) in [5.74, 6) is 0. The van der Waals surface area contributed by atoms with Gasteiger partial charge >= 0.3 is 0 Å². The van der Waals surface area contributed by atoms with Crippen molar-refractivity contribution >= 4 is 23.2 Å². The van der Waals surface area contributed by atoms with Crippen molar-refractivity contribution in [3.05, 3.63) is 52.3 Å². The molecule has 1 aromatic carbocycles. The monoisotopic (exact) mass is 266 g/mol. The van der Waals surface area contributed by atoms with Crippen LogP contribution < -0.4 is 5.32 Å². The zero-order valence-electron chi connectivity index (χ0n) is 9.37. The molecule has 0 aliphatic carbocycles. The van der Waals surface area contributed by atoms with Crippen LogP contribution in [0.4, 0.5) is 0 Å². The third-order valence-corrected chi connectivity index (χ3v) is 3.17. The number of hydrogen-bond acceptors (Lipinski definition) is 2. The van der Waals surface area contributed by atoms with Crippen molar-refractivity contribution in [2.24, 2.45) is 0 Å². The highest BCUT2D eigenvalue weighted by Crippen LogP contribution is 2.28. The molecule has 0 aliphatic heterocycles. The molecule has 0 atom stereocenters. The van der Waals surface area contributed by atoms with E-state index in [9.17, 15) is 0 Å². The standard InChI is InChI=1S/C13H12Cl2N2/c1-16-8-11-4-2-10(7-17-11)9-3-5-12(14)13(15)6-9/h2-7,16H,8H2,1H3. The van der Waals surface area contributed by atoms with Crippen LogP contribution in [0.1, 0.15) is 5.69 Å². The van der Waals surface area contributed by atoms with E-state index < -0.39 is 0 Å². The number of benzene rings is 1. The molecule has 4 heteroatoms. The van der Waals surface area contributed by atoms with E-state index in [0.717, 1.165) is 23.4 Å². The van der Waals surface area contributed by atoms with Gasteiger partial charge in [-0.25, -0.2) is 0 Å². The molecule has 2 rings (SSSR count). The lowest BCUT2D eigenvalue weighted by Crippen LogP contribution is -2.06. The molecule has 0 unspecified atom stereocenters. The Bertz CT molecular complexity index is 509. The third kappa shape index (κ3) is 2.97. The molecule has 1 aromatic heterocycles. The number of aromatic nitrogens is 1. The maximum Gasteiger partial charge on any atom is 0.0598 e. The van der Waals surface area contributed by atoms with E-state index in [1.165, 1.54) is 0 Å². The van der Waals surface area contributed by atoms with Gasteiger partial charge in [-0.05, 0) is 30.8 Å². The summed E-state index contributed by atoms with van der Waals surface area (Å²) in [5, 5.41) is 4.18. The van der Waals surface area contributed by atoms with Gasteiger partial charge in [-0.3, -0.25) is 4.98 Å². The molecule has 0 amide bonds. The summed E-state index contributed by atoms with van der Waals surface area (Å²) in [5.41, 5.74) is 3.06. The molecule has 0 bridgehead atoms. The van der Waals surface area contributed by atoms with Gasteiger partial charge < -0.3 is 5.32 Å². The number of rotatable bonds is 3. The minimum atomic E-state index is 0.559. The van der Waals surface area contributed by atoms with Crippen molar-refractivity contribution in [1.29, 1.82) is 0 Å². The predicted octanol–water partition coefficient (Wildman–Crippen LogP) is 3.77. The number of nitrogens with one attached hydrogen (secondary N) is 1. The molecule has 0 fully saturated rings. The fourth-order valence-corrected chi connectivity index (χ4v) is 1.85. The Morgan fingerprint density at radius 2 is 1.82 bits per heavy atom. The molecule has 0 saturated heterocycles. The molecule has 1 N–H and O–H groups in total. The Morgan fingerprint density at radius 1 is 1.06 bits per heavy atom. The molecule has 0 spiro atoms. The fourth-order valence-electron chi connectivity index (χ4n) is 1.56. The summed E-state index contributed by atoms with van der Waals surface area (Å²) in [6.07, 6.45) is 1.84. The van der Waals surface area contributed by atoms with Crippen molar-refractivity contribution in [1.82, 2.24) is 10.3 Å². The van der Waals surface area contributed by atoms with Gasteiger partial charge in [0, 0.05) is 18.3 Å². The maximum atomic E-state index is 5.98. The number of nitrogens with zero attached hydrogens (tertiary/aromatic N) is 1. The fraction of sp³-hybridized carbons (Fsp3) is 0.154. The largest absolute Gasteiger partial charge is 0.314 e. The first kappa shape index (κ1) is 12.4. The van der Waals surface area contributed by atoms with Crippen molar-refractivity contribution in [3.63, 3.8) is 0 Å². The Kier molecular flexibility index (Phi) is 4.00. The summed E-state index contributed by atoms with van der Waals surface area (Å²) in [6.45, 7) is 0.766. The van der Waals surface area contributed by atoms with Crippen molar-refractivity contribution < 1.29 is 0 Å². The molecule has 0 radical (unpaired) electrons. The molecule has 2 nitrogen and oxygen atoms in total. The second-order valence-electron chi connectivity index (χ2n) is 3.70. The average molecular weight is 267 g/mol. The SMILES string of the molecule is CNCc1ccc(-c2ccc(Cl)c(Cl)c2)cn1. The predicted molar refractivity (Wildman–Crippen MR) is 72.5 cm³/mol. The maximum absolute atomic E-state index is 5.98. The van der Waals surface area contributed by atoms with E-state index in [0.29, 0.717) is 10.0 Å². The van der Waals surface area contributed by atoms with Gasteiger partial charge in [0.2, 0.25) is 0 Å². The van der Waals surface area contributed by atoms with Crippen LogP contribution in [0.25, 0.3) is 11.1 Å². The minimum Gasteiger partial charge on any atom is -0.314 e. The molecular weight excluding hydrogens is 255 g/mol. The van der Waals surface area contributed by atoms with E-state index in [4.69, 9.17) is 23.2 Å². The average Bonchev–Trinajstić information content (AvgIpc) is 2.34. The molecule has 0 saturated carbocycles. The van der Waals surface area contributed by atoms with E-state index in [1.807, 2.05) is 37.5 Å². The Balaban J connectivity index is 2.30. The van der Waals surface area contributed by atoms with Gasteiger partial charge in [0.05, 0.1) is 15.7 Å². The first-order valence-electron chi connectivity index (χ1n) is 5.25. The van der Waals surface area contributed by atoms with Crippen LogP contribution in [-0.2, 0) is 6.54 Å². The Labute approximate surface area is 111 Å². The van der Waals surface area contributed by atoms with Crippen LogP contribution in [0.15, 0.2) is 36.5 Å². The zero-order valence-corrected chi connectivity index (χ0v) is 10.9. The van der Waals surface area contributed by atoms with E-state index in [1.54, 1.807) is 6.07 Å². The topological polar surface area (TPSA) is 24.9 Å². The van der Waals surface area contributed by atoms with E-state index in [2.05, 4.69) is 10.3 Å². The quantitative estimate of drug-likeness (QED) is 0.915. The second-order valence-corrected chi connectivity index (χ2v) is 4.51. The summed E-state index contributed by atoms with van der Waals surface area (Å²) < 4.78 is 0. The zero-order chi connectivity index (χ0) is 12.3. The second kappa shape index (κ2) is 5.50. The molecular formula is C13H12Cl2N2. The number of pyridine rings is 1. The van der Waals surface area contributed by atoms with Crippen LogP contribution in [0, 0.1) is 0 Å². The molecule has 88 valence electrons. The number of halogens is 2. The highest BCUT2D eigenvalue weighted by molar-refractivity contribution is 6.42. The van der Waals surface area contributed by atoms with Gasteiger partial charge in [-0.1, -0.05) is 35.3 Å². The van der Waals surface area contributed by atoms with Gasteiger partial charge in [-0.2, -0.15) is 0 Å². The highest BCUT2D eigenvalue weighted by Gasteiger charge is 2.02. The van der Waals surface area contributed by atoms with Gasteiger partial charge in [0.1, 0.15) is 0 Å². The van der Waals surface area contributed by atoms with Crippen molar-refractivity contribution in [2.75, 3.05) is 7.05 Å². The Hall–Kier alpha value is -1.09.